The van der Waals surface area contributed by atoms with Gasteiger partial charge in [-0.15, -0.1) is 0 Å². The molecule has 1 aliphatic heterocycles. The number of rotatable bonds is 2. The van der Waals surface area contributed by atoms with E-state index >= 15 is 0 Å². The zero-order chi connectivity index (χ0) is 18.4. The number of aryl methyl sites for hydroxylation is 1. The number of hydrogen-bond acceptors (Lipinski definition) is 2. The molecule has 1 aliphatic rings. The Labute approximate surface area is 166 Å². The highest BCUT2D eigenvalue weighted by Gasteiger charge is 2.19. The van der Waals surface area contributed by atoms with Gasteiger partial charge in [-0.05, 0) is 41.5 Å². The van der Waals surface area contributed by atoms with Crippen molar-refractivity contribution in [3.63, 3.8) is 0 Å². The molecule has 4 heteroatoms. The molecule has 0 bridgehead atoms. The largest absolute Gasteiger partial charge is 0.461 e. The van der Waals surface area contributed by atoms with Crippen LogP contribution >= 0.6 is 15.9 Å². The summed E-state index contributed by atoms with van der Waals surface area (Å²) in [5, 5.41) is 1.15. The molecule has 3 heterocycles. The number of pyridine rings is 1. The third-order valence-electron chi connectivity index (χ3n) is 4.92. The van der Waals surface area contributed by atoms with Crippen molar-refractivity contribution in [3.8, 4) is 16.9 Å². The van der Waals surface area contributed by atoms with E-state index in [1.54, 1.807) is 0 Å². The van der Waals surface area contributed by atoms with E-state index in [9.17, 15) is 0 Å². The summed E-state index contributed by atoms with van der Waals surface area (Å²) in [4.78, 5) is 4.60. The van der Waals surface area contributed by atoms with Gasteiger partial charge in [0.15, 0.2) is 0 Å². The monoisotopic (exact) mass is 416 g/mol. The van der Waals surface area contributed by atoms with Crippen molar-refractivity contribution < 1.29 is 4.74 Å². The van der Waals surface area contributed by atoms with Crippen LogP contribution in [0.4, 0.5) is 0 Å². The van der Waals surface area contributed by atoms with Gasteiger partial charge < -0.3 is 9.30 Å². The maximum atomic E-state index is 6.08. The first kappa shape index (κ1) is 16.3. The van der Waals surface area contributed by atoms with Gasteiger partial charge in [0.05, 0.1) is 0 Å². The van der Waals surface area contributed by atoms with Crippen molar-refractivity contribution in [1.29, 1.82) is 0 Å². The highest BCUT2D eigenvalue weighted by molar-refractivity contribution is 9.10. The molecule has 2 aromatic carbocycles. The molecule has 0 saturated carbocycles. The molecule has 0 spiro atoms. The van der Waals surface area contributed by atoms with E-state index in [2.05, 4.69) is 74.2 Å². The van der Waals surface area contributed by atoms with Crippen molar-refractivity contribution in [2.45, 2.75) is 6.42 Å². The molecule has 0 saturated heterocycles. The van der Waals surface area contributed by atoms with E-state index in [-0.39, 0.29) is 0 Å². The minimum Gasteiger partial charge on any atom is -0.461 e. The van der Waals surface area contributed by atoms with Gasteiger partial charge in [0, 0.05) is 46.8 Å². The standard InChI is InChI=1S/C23H17BrN2O/c1-26-14-17(13-19-12-16-11-18(24)7-8-21(16)27-19)22-20(9-10-25-23(22)26)15-5-3-2-4-6-15/h2-11,13-14H,12H2,1H3. The minimum atomic E-state index is 0.798. The normalized spacial score (nSPS) is 14.5. The van der Waals surface area contributed by atoms with E-state index in [0.717, 1.165) is 39.0 Å². The summed E-state index contributed by atoms with van der Waals surface area (Å²) < 4.78 is 9.23. The average molecular weight is 417 g/mol. The van der Waals surface area contributed by atoms with Gasteiger partial charge in [-0.25, -0.2) is 4.98 Å². The Hall–Kier alpha value is -2.85. The number of allylic oxidation sites excluding steroid dienone is 1. The van der Waals surface area contributed by atoms with Gasteiger partial charge in [-0.3, -0.25) is 0 Å². The van der Waals surface area contributed by atoms with Gasteiger partial charge >= 0.3 is 0 Å². The van der Waals surface area contributed by atoms with Gasteiger partial charge in [0.1, 0.15) is 17.2 Å². The number of nitrogens with zero attached hydrogens (tertiary/aromatic N) is 2. The van der Waals surface area contributed by atoms with E-state index in [4.69, 9.17) is 4.74 Å². The molecule has 0 amide bonds. The number of ether oxygens (including phenoxy) is 1. The summed E-state index contributed by atoms with van der Waals surface area (Å²) in [6.45, 7) is 0. The summed E-state index contributed by atoms with van der Waals surface area (Å²) in [5.41, 5.74) is 5.68. The van der Waals surface area contributed by atoms with E-state index < -0.39 is 0 Å². The Morgan fingerprint density at radius 2 is 1.96 bits per heavy atom. The number of benzene rings is 2. The summed E-state index contributed by atoms with van der Waals surface area (Å²) in [5.74, 6) is 1.89. The fourth-order valence-electron chi connectivity index (χ4n) is 3.71. The molecule has 27 heavy (non-hydrogen) atoms. The quantitative estimate of drug-likeness (QED) is 0.401. The van der Waals surface area contributed by atoms with Gasteiger partial charge in [-0.2, -0.15) is 0 Å². The first-order valence-corrected chi connectivity index (χ1v) is 9.64. The summed E-state index contributed by atoms with van der Waals surface area (Å²) in [6, 6.07) is 18.7. The van der Waals surface area contributed by atoms with Crippen LogP contribution in [0.2, 0.25) is 0 Å². The van der Waals surface area contributed by atoms with Gasteiger partial charge in [0.25, 0.3) is 0 Å². The molecule has 2 aromatic heterocycles. The minimum absolute atomic E-state index is 0.798. The molecule has 0 fully saturated rings. The predicted octanol–water partition coefficient (Wildman–Crippen LogP) is 5.98. The lowest BCUT2D eigenvalue weighted by Gasteiger charge is -2.05. The smallest absolute Gasteiger partial charge is 0.140 e. The second-order valence-electron chi connectivity index (χ2n) is 6.76. The Morgan fingerprint density at radius 3 is 2.81 bits per heavy atom. The van der Waals surface area contributed by atoms with Crippen LogP contribution in [0, 0.1) is 0 Å². The van der Waals surface area contributed by atoms with E-state index in [1.807, 2.05) is 31.4 Å². The van der Waals surface area contributed by atoms with Crippen molar-refractivity contribution in [2.75, 3.05) is 0 Å². The van der Waals surface area contributed by atoms with Crippen molar-refractivity contribution >= 4 is 33.0 Å². The van der Waals surface area contributed by atoms with E-state index in [1.165, 1.54) is 16.7 Å². The maximum Gasteiger partial charge on any atom is 0.140 e. The van der Waals surface area contributed by atoms with E-state index in [0.29, 0.717) is 0 Å². The first-order valence-electron chi connectivity index (χ1n) is 8.85. The predicted molar refractivity (Wildman–Crippen MR) is 113 cm³/mol. The van der Waals surface area contributed by atoms with Crippen molar-refractivity contribution in [2.24, 2.45) is 7.05 Å². The lowest BCUT2D eigenvalue weighted by atomic mass is 10.0. The molecular formula is C23H17BrN2O. The third kappa shape index (κ3) is 2.86. The van der Waals surface area contributed by atoms with Crippen LogP contribution in [-0.2, 0) is 13.5 Å². The van der Waals surface area contributed by atoms with Crippen molar-refractivity contribution in [1.82, 2.24) is 9.55 Å². The molecule has 0 aliphatic carbocycles. The topological polar surface area (TPSA) is 27.1 Å². The Kier molecular flexibility index (Phi) is 3.87. The Balaban J connectivity index is 1.65. The highest BCUT2D eigenvalue weighted by Crippen LogP contribution is 2.36. The SMILES string of the molecule is Cn1cc(C=C2Cc3cc(Br)ccc3O2)c2c(-c3ccccc3)ccnc21. The molecule has 0 radical (unpaired) electrons. The van der Waals surface area contributed by atoms with Crippen LogP contribution < -0.4 is 4.74 Å². The van der Waals surface area contributed by atoms with Crippen LogP contribution in [0.3, 0.4) is 0 Å². The van der Waals surface area contributed by atoms with Crippen molar-refractivity contribution in [3.05, 3.63) is 88.3 Å². The molecule has 5 rings (SSSR count). The fraction of sp³-hybridized carbons (Fsp3) is 0.0870. The highest BCUT2D eigenvalue weighted by atomic mass is 79.9. The summed E-state index contributed by atoms with van der Waals surface area (Å²) in [6.07, 6.45) is 6.94. The van der Waals surface area contributed by atoms with Crippen LogP contribution in [0.5, 0.6) is 5.75 Å². The summed E-state index contributed by atoms with van der Waals surface area (Å²) >= 11 is 3.54. The zero-order valence-electron chi connectivity index (χ0n) is 14.8. The summed E-state index contributed by atoms with van der Waals surface area (Å²) in [7, 11) is 2.04. The van der Waals surface area contributed by atoms with Gasteiger partial charge in [0.2, 0.25) is 0 Å². The van der Waals surface area contributed by atoms with Crippen LogP contribution in [0.1, 0.15) is 11.1 Å². The number of hydrogen-bond donors (Lipinski definition) is 0. The molecule has 0 atom stereocenters. The fourth-order valence-corrected chi connectivity index (χ4v) is 4.12. The first-order chi connectivity index (χ1) is 13.2. The molecule has 0 N–H and O–H groups in total. The third-order valence-corrected chi connectivity index (χ3v) is 5.41. The zero-order valence-corrected chi connectivity index (χ0v) is 16.4. The second-order valence-corrected chi connectivity index (χ2v) is 7.68. The molecule has 4 aromatic rings. The van der Waals surface area contributed by atoms with Crippen LogP contribution in [-0.4, -0.2) is 9.55 Å². The van der Waals surface area contributed by atoms with Gasteiger partial charge in [-0.1, -0.05) is 46.3 Å². The lowest BCUT2D eigenvalue weighted by Crippen LogP contribution is -1.89. The number of fused-ring (bicyclic) bond motifs is 2. The van der Waals surface area contributed by atoms with Crippen LogP contribution in [0.15, 0.2) is 77.2 Å². The average Bonchev–Trinajstić information content (AvgIpc) is 3.23. The molecule has 132 valence electrons. The molecule has 0 unspecified atom stereocenters. The second kappa shape index (κ2) is 6.39. The van der Waals surface area contributed by atoms with Crippen LogP contribution in [0.25, 0.3) is 28.2 Å². The molecular weight excluding hydrogens is 400 g/mol. The number of aromatic nitrogens is 2. The maximum absolute atomic E-state index is 6.08. The number of halogens is 1. The Bertz CT molecular complexity index is 1190. The Morgan fingerprint density at radius 1 is 1.11 bits per heavy atom. The lowest BCUT2D eigenvalue weighted by molar-refractivity contribution is 0.451. The molecule has 3 nitrogen and oxygen atoms in total.